The van der Waals surface area contributed by atoms with E-state index in [0.717, 1.165) is 0 Å². The van der Waals surface area contributed by atoms with Gasteiger partial charge in [-0.05, 0) is 38.5 Å². The lowest BCUT2D eigenvalue weighted by Crippen LogP contribution is -2.40. The number of ether oxygens (including phenoxy) is 3. The standard InChI is InChI=1S/C26H33N3O7/c1-5-26(10-6-7-18-22(26)23(27)21(25(32)33)16(3)29-18)36-14-15(2)28-24(31)17-8-9-19(35-12-11-30)20(13-17)34-4/h6,8-10,13,15,30H,5,7,11-12,14H2,1-4H3,(H2,27,29)(H,28,31)(H,32,33). The molecule has 0 fully saturated rings. The normalized spacial score (nSPS) is 17.2. The maximum Gasteiger partial charge on any atom is 0.339 e. The molecule has 0 saturated carbocycles. The number of aryl methyl sites for hydroxylation is 1. The van der Waals surface area contributed by atoms with Crippen LogP contribution in [0.4, 0.5) is 5.69 Å². The van der Waals surface area contributed by atoms with Crippen LogP contribution in [0, 0.1) is 6.92 Å². The number of amides is 1. The fourth-order valence-corrected chi connectivity index (χ4v) is 4.35. The highest BCUT2D eigenvalue weighted by atomic mass is 16.5. The minimum Gasteiger partial charge on any atom is -0.493 e. The van der Waals surface area contributed by atoms with Crippen LogP contribution in [0.1, 0.15) is 57.9 Å². The number of aromatic carboxylic acids is 1. The summed E-state index contributed by atoms with van der Waals surface area (Å²) in [5.74, 6) is -0.660. The van der Waals surface area contributed by atoms with Crippen LogP contribution in [0.25, 0.3) is 0 Å². The first-order valence-corrected chi connectivity index (χ1v) is 11.7. The minimum atomic E-state index is -1.14. The molecule has 0 spiro atoms. The molecule has 0 radical (unpaired) electrons. The van der Waals surface area contributed by atoms with Crippen molar-refractivity contribution in [2.45, 2.75) is 45.3 Å². The number of fused-ring (bicyclic) bond motifs is 1. The first-order valence-electron chi connectivity index (χ1n) is 11.7. The summed E-state index contributed by atoms with van der Waals surface area (Å²) in [7, 11) is 1.47. The van der Waals surface area contributed by atoms with Gasteiger partial charge in [0.2, 0.25) is 0 Å². The predicted octanol–water partition coefficient (Wildman–Crippen LogP) is 2.60. The highest BCUT2D eigenvalue weighted by Crippen LogP contribution is 2.42. The first-order chi connectivity index (χ1) is 17.2. The number of carbonyl (C=O) groups is 2. The third-order valence-corrected chi connectivity index (χ3v) is 6.10. The molecule has 194 valence electrons. The Morgan fingerprint density at radius 3 is 2.69 bits per heavy atom. The summed E-state index contributed by atoms with van der Waals surface area (Å²) < 4.78 is 17.0. The fraction of sp³-hybridized carbons (Fsp3) is 0.423. The zero-order valence-electron chi connectivity index (χ0n) is 21.0. The summed E-state index contributed by atoms with van der Waals surface area (Å²) in [5, 5.41) is 21.5. The van der Waals surface area contributed by atoms with Crippen molar-refractivity contribution in [2.75, 3.05) is 32.7 Å². The second kappa shape index (κ2) is 11.4. The number of nitrogens with one attached hydrogen (secondary N) is 1. The van der Waals surface area contributed by atoms with Gasteiger partial charge in [0.1, 0.15) is 17.8 Å². The average molecular weight is 500 g/mol. The Morgan fingerprint density at radius 2 is 2.06 bits per heavy atom. The molecule has 1 aromatic carbocycles. The number of nitrogens with zero attached hydrogens (tertiary/aromatic N) is 1. The van der Waals surface area contributed by atoms with Gasteiger partial charge in [0, 0.05) is 23.6 Å². The maximum atomic E-state index is 12.8. The average Bonchev–Trinajstić information content (AvgIpc) is 2.85. The van der Waals surface area contributed by atoms with Crippen LogP contribution in [-0.2, 0) is 16.8 Å². The van der Waals surface area contributed by atoms with Crippen LogP contribution in [-0.4, -0.2) is 60.0 Å². The lowest BCUT2D eigenvalue weighted by atomic mass is 9.82. The molecule has 10 heteroatoms. The summed E-state index contributed by atoms with van der Waals surface area (Å²) in [6.45, 7) is 5.49. The van der Waals surface area contributed by atoms with Crippen molar-refractivity contribution in [3.8, 4) is 11.5 Å². The van der Waals surface area contributed by atoms with Crippen LogP contribution in [0.5, 0.6) is 11.5 Å². The summed E-state index contributed by atoms with van der Waals surface area (Å²) in [6, 6.07) is 4.40. The number of carboxylic acids is 1. The van der Waals surface area contributed by atoms with Crippen molar-refractivity contribution < 1.29 is 34.0 Å². The Labute approximate surface area is 210 Å². The molecule has 5 N–H and O–H groups in total. The number of benzene rings is 1. The molecule has 10 nitrogen and oxygen atoms in total. The van der Waals surface area contributed by atoms with Crippen molar-refractivity contribution in [3.05, 3.63) is 58.4 Å². The SMILES string of the molecule is CCC1(OCC(C)NC(=O)c2ccc(OCCO)c(OC)c2)C=CCc2nc(C)c(C(=O)O)c(N)c21. The number of aliphatic hydroxyl groups excluding tert-OH is 1. The van der Waals surface area contributed by atoms with E-state index in [-0.39, 0.29) is 43.0 Å². The third-order valence-electron chi connectivity index (χ3n) is 6.10. The number of aromatic nitrogens is 1. The molecular weight excluding hydrogens is 466 g/mol. The fourth-order valence-electron chi connectivity index (χ4n) is 4.35. The van der Waals surface area contributed by atoms with Gasteiger partial charge >= 0.3 is 5.97 Å². The summed E-state index contributed by atoms with van der Waals surface area (Å²) in [4.78, 5) is 29.2. The van der Waals surface area contributed by atoms with E-state index in [9.17, 15) is 14.7 Å². The summed E-state index contributed by atoms with van der Waals surface area (Å²) in [5.41, 5.74) is 7.51. The number of nitrogens with two attached hydrogens (primary N) is 1. The number of carboxylic acid groups (broad SMARTS) is 1. The van der Waals surface area contributed by atoms with Crippen LogP contribution < -0.4 is 20.5 Å². The van der Waals surface area contributed by atoms with E-state index in [1.54, 1.807) is 25.1 Å². The van der Waals surface area contributed by atoms with E-state index >= 15 is 0 Å². The van der Waals surface area contributed by atoms with E-state index in [4.69, 9.17) is 25.1 Å². The number of allylic oxidation sites excluding steroid dienone is 1. The van der Waals surface area contributed by atoms with Gasteiger partial charge in [-0.15, -0.1) is 0 Å². The number of hydrogen-bond donors (Lipinski definition) is 4. The van der Waals surface area contributed by atoms with Crippen LogP contribution >= 0.6 is 0 Å². The van der Waals surface area contributed by atoms with Gasteiger partial charge in [0.15, 0.2) is 11.5 Å². The van der Waals surface area contributed by atoms with E-state index < -0.39 is 11.6 Å². The summed E-state index contributed by atoms with van der Waals surface area (Å²) >= 11 is 0. The summed E-state index contributed by atoms with van der Waals surface area (Å²) in [6.07, 6.45) is 4.85. The quantitative estimate of drug-likeness (QED) is 0.342. The number of rotatable bonds is 11. The zero-order chi connectivity index (χ0) is 26.5. The molecule has 36 heavy (non-hydrogen) atoms. The molecule has 1 aromatic heterocycles. The Bertz CT molecular complexity index is 1160. The van der Waals surface area contributed by atoms with Gasteiger partial charge in [-0.25, -0.2) is 4.79 Å². The van der Waals surface area contributed by atoms with Gasteiger partial charge in [-0.1, -0.05) is 19.1 Å². The molecule has 0 saturated heterocycles. The van der Waals surface area contributed by atoms with Gasteiger partial charge in [0.25, 0.3) is 5.91 Å². The number of nitrogen functional groups attached to an aromatic ring is 1. The number of hydrogen-bond acceptors (Lipinski definition) is 8. The topological polar surface area (TPSA) is 153 Å². The molecule has 0 aliphatic heterocycles. The van der Waals surface area contributed by atoms with Crippen molar-refractivity contribution >= 4 is 17.6 Å². The Morgan fingerprint density at radius 1 is 1.31 bits per heavy atom. The number of aliphatic hydroxyl groups is 1. The highest BCUT2D eigenvalue weighted by Gasteiger charge is 2.38. The van der Waals surface area contributed by atoms with Gasteiger partial charge < -0.3 is 35.5 Å². The van der Waals surface area contributed by atoms with E-state index in [1.807, 2.05) is 26.0 Å². The van der Waals surface area contributed by atoms with Crippen molar-refractivity contribution in [1.29, 1.82) is 0 Å². The monoisotopic (exact) mass is 499 g/mol. The zero-order valence-corrected chi connectivity index (χ0v) is 21.0. The molecule has 2 aromatic rings. The van der Waals surface area contributed by atoms with Gasteiger partial charge in [0.05, 0.1) is 37.4 Å². The molecule has 1 amide bonds. The Balaban J connectivity index is 1.77. The van der Waals surface area contributed by atoms with Crippen LogP contribution in [0.2, 0.25) is 0 Å². The lowest BCUT2D eigenvalue weighted by Gasteiger charge is -2.36. The molecule has 1 heterocycles. The number of pyridine rings is 1. The van der Waals surface area contributed by atoms with Crippen LogP contribution in [0.15, 0.2) is 30.4 Å². The Hall–Kier alpha value is -3.63. The smallest absolute Gasteiger partial charge is 0.339 e. The predicted molar refractivity (Wildman–Crippen MR) is 134 cm³/mol. The van der Waals surface area contributed by atoms with E-state index in [0.29, 0.717) is 46.9 Å². The second-order valence-corrected chi connectivity index (χ2v) is 8.59. The largest absolute Gasteiger partial charge is 0.493 e. The minimum absolute atomic E-state index is 0.0211. The number of carbonyl (C=O) groups excluding carboxylic acids is 1. The number of anilines is 1. The van der Waals surface area contributed by atoms with Crippen molar-refractivity contribution in [1.82, 2.24) is 10.3 Å². The molecule has 1 aliphatic rings. The van der Waals surface area contributed by atoms with Crippen molar-refractivity contribution in [2.24, 2.45) is 0 Å². The van der Waals surface area contributed by atoms with Crippen LogP contribution in [0.3, 0.4) is 0 Å². The first kappa shape index (κ1) is 27.0. The maximum absolute atomic E-state index is 12.8. The highest BCUT2D eigenvalue weighted by molar-refractivity contribution is 5.96. The van der Waals surface area contributed by atoms with Gasteiger partial charge in [-0.2, -0.15) is 0 Å². The second-order valence-electron chi connectivity index (χ2n) is 8.59. The molecular formula is C26H33N3O7. The molecule has 0 bridgehead atoms. The molecule has 2 unspecified atom stereocenters. The van der Waals surface area contributed by atoms with E-state index in [2.05, 4.69) is 10.3 Å². The molecule has 3 rings (SSSR count). The molecule has 1 aliphatic carbocycles. The lowest BCUT2D eigenvalue weighted by molar-refractivity contribution is -0.0253. The Kier molecular flexibility index (Phi) is 8.54. The van der Waals surface area contributed by atoms with E-state index in [1.165, 1.54) is 7.11 Å². The third kappa shape index (κ3) is 5.44. The number of methoxy groups -OCH3 is 1. The van der Waals surface area contributed by atoms with Crippen molar-refractivity contribution in [3.63, 3.8) is 0 Å². The van der Waals surface area contributed by atoms with Gasteiger partial charge in [-0.3, -0.25) is 9.78 Å². The molecule has 2 atom stereocenters.